The lowest BCUT2D eigenvalue weighted by molar-refractivity contribution is 0.396. The zero-order chi connectivity index (χ0) is 15.9. The number of benzene rings is 2. The first kappa shape index (κ1) is 14.3. The molecule has 0 aliphatic rings. The average molecular weight is 300 g/mol. The monoisotopic (exact) mass is 300 g/mol. The smallest absolute Gasteiger partial charge is 0.204 e. The molecule has 1 aromatic heterocycles. The Balaban J connectivity index is 2.52. The number of fused-ring (bicyclic) bond motifs is 2. The van der Waals surface area contributed by atoms with E-state index in [9.17, 15) is 4.79 Å². The summed E-state index contributed by atoms with van der Waals surface area (Å²) in [5.74, 6) is 1.63. The molecular formula is C17H16O5. The van der Waals surface area contributed by atoms with Crippen LogP contribution in [-0.2, 0) is 0 Å². The standard InChI is InChI=1S/C17H16O5/c1-9-5-10(19-2)7-13-15(9)17(18)16-12(21-4)6-11(20-3)8-14(16)22-13/h5-8H,1-4H3. The Morgan fingerprint density at radius 2 is 1.41 bits per heavy atom. The molecule has 0 spiro atoms. The van der Waals surface area contributed by atoms with E-state index in [1.54, 1.807) is 38.5 Å². The molecule has 0 fully saturated rings. The minimum Gasteiger partial charge on any atom is -0.497 e. The SMILES string of the molecule is COc1cc(C)c2c(=O)c3c(OC)cc(OC)cc3oc2c1. The van der Waals surface area contributed by atoms with Gasteiger partial charge in [-0.05, 0) is 18.6 Å². The zero-order valence-electron chi connectivity index (χ0n) is 12.9. The van der Waals surface area contributed by atoms with Crippen molar-refractivity contribution in [3.8, 4) is 17.2 Å². The van der Waals surface area contributed by atoms with Gasteiger partial charge < -0.3 is 18.6 Å². The maximum absolute atomic E-state index is 12.9. The Bertz CT molecular complexity index is 924. The summed E-state index contributed by atoms with van der Waals surface area (Å²) in [5.41, 5.74) is 1.56. The summed E-state index contributed by atoms with van der Waals surface area (Å²) in [6, 6.07) is 6.85. The molecule has 5 heteroatoms. The second-order valence-electron chi connectivity index (χ2n) is 4.95. The quantitative estimate of drug-likeness (QED) is 0.695. The second kappa shape index (κ2) is 5.26. The molecule has 0 N–H and O–H groups in total. The number of hydrogen-bond acceptors (Lipinski definition) is 5. The van der Waals surface area contributed by atoms with Gasteiger partial charge in [0.15, 0.2) is 0 Å². The van der Waals surface area contributed by atoms with Crippen LogP contribution in [0.3, 0.4) is 0 Å². The first-order chi connectivity index (χ1) is 10.6. The molecule has 0 aliphatic heterocycles. The van der Waals surface area contributed by atoms with Gasteiger partial charge in [-0.1, -0.05) is 0 Å². The van der Waals surface area contributed by atoms with Crippen molar-refractivity contribution in [1.82, 2.24) is 0 Å². The summed E-state index contributed by atoms with van der Waals surface area (Å²) >= 11 is 0. The van der Waals surface area contributed by atoms with E-state index < -0.39 is 0 Å². The van der Waals surface area contributed by atoms with Gasteiger partial charge in [0, 0.05) is 18.2 Å². The van der Waals surface area contributed by atoms with E-state index in [0.717, 1.165) is 5.56 Å². The molecule has 0 bridgehead atoms. The molecule has 1 heterocycles. The summed E-state index contributed by atoms with van der Waals surface area (Å²) in [4.78, 5) is 12.9. The van der Waals surface area contributed by atoms with Crippen LogP contribution < -0.4 is 19.6 Å². The van der Waals surface area contributed by atoms with Crippen molar-refractivity contribution in [2.24, 2.45) is 0 Å². The number of aryl methyl sites for hydroxylation is 1. The van der Waals surface area contributed by atoms with Crippen molar-refractivity contribution in [2.75, 3.05) is 21.3 Å². The van der Waals surface area contributed by atoms with Crippen LogP contribution in [-0.4, -0.2) is 21.3 Å². The Morgan fingerprint density at radius 1 is 0.818 bits per heavy atom. The summed E-state index contributed by atoms with van der Waals surface area (Å²) in [7, 11) is 4.64. The van der Waals surface area contributed by atoms with Gasteiger partial charge >= 0.3 is 0 Å². The molecule has 0 radical (unpaired) electrons. The maximum atomic E-state index is 12.9. The molecule has 2 aromatic carbocycles. The van der Waals surface area contributed by atoms with Crippen LogP contribution in [0.4, 0.5) is 0 Å². The third kappa shape index (κ3) is 2.06. The van der Waals surface area contributed by atoms with Gasteiger partial charge in [-0.15, -0.1) is 0 Å². The van der Waals surface area contributed by atoms with E-state index in [0.29, 0.717) is 39.2 Å². The minimum atomic E-state index is -0.129. The molecule has 114 valence electrons. The molecule has 0 saturated carbocycles. The van der Waals surface area contributed by atoms with Gasteiger partial charge in [-0.25, -0.2) is 0 Å². The van der Waals surface area contributed by atoms with Crippen molar-refractivity contribution in [3.05, 3.63) is 40.1 Å². The number of rotatable bonds is 3. The normalized spacial score (nSPS) is 10.9. The maximum Gasteiger partial charge on any atom is 0.204 e. The molecule has 0 atom stereocenters. The summed E-state index contributed by atoms with van der Waals surface area (Å²) in [6.07, 6.45) is 0. The van der Waals surface area contributed by atoms with Gasteiger partial charge in [-0.3, -0.25) is 4.79 Å². The highest BCUT2D eigenvalue weighted by atomic mass is 16.5. The third-order valence-electron chi connectivity index (χ3n) is 3.68. The van der Waals surface area contributed by atoms with Crippen molar-refractivity contribution >= 4 is 21.9 Å². The molecule has 3 rings (SSSR count). The van der Waals surface area contributed by atoms with Crippen LogP contribution in [0.15, 0.2) is 33.5 Å². The van der Waals surface area contributed by atoms with E-state index in [-0.39, 0.29) is 5.43 Å². The molecule has 0 aliphatic carbocycles. The van der Waals surface area contributed by atoms with Gasteiger partial charge in [0.2, 0.25) is 5.43 Å². The highest BCUT2D eigenvalue weighted by molar-refractivity contribution is 5.95. The number of hydrogen-bond donors (Lipinski definition) is 0. The largest absolute Gasteiger partial charge is 0.497 e. The fraction of sp³-hybridized carbons (Fsp3) is 0.235. The van der Waals surface area contributed by atoms with Crippen molar-refractivity contribution in [3.63, 3.8) is 0 Å². The second-order valence-corrected chi connectivity index (χ2v) is 4.95. The third-order valence-corrected chi connectivity index (χ3v) is 3.68. The van der Waals surface area contributed by atoms with Gasteiger partial charge in [0.1, 0.15) is 33.8 Å². The lowest BCUT2D eigenvalue weighted by Crippen LogP contribution is -2.06. The van der Waals surface area contributed by atoms with Crippen LogP contribution in [0.2, 0.25) is 0 Å². The lowest BCUT2D eigenvalue weighted by atomic mass is 10.1. The fourth-order valence-corrected chi connectivity index (χ4v) is 2.60. The van der Waals surface area contributed by atoms with E-state index >= 15 is 0 Å². The van der Waals surface area contributed by atoms with Crippen LogP contribution in [0.25, 0.3) is 21.9 Å². The Kier molecular flexibility index (Phi) is 3.41. The Hall–Kier alpha value is -2.69. The summed E-state index contributed by atoms with van der Waals surface area (Å²) in [6.45, 7) is 1.85. The molecular weight excluding hydrogens is 284 g/mol. The average Bonchev–Trinajstić information content (AvgIpc) is 2.52. The van der Waals surface area contributed by atoms with Crippen molar-refractivity contribution < 1.29 is 18.6 Å². The highest BCUT2D eigenvalue weighted by Gasteiger charge is 2.16. The molecule has 0 amide bonds. The Labute approximate surface area is 127 Å². The highest BCUT2D eigenvalue weighted by Crippen LogP contribution is 2.33. The van der Waals surface area contributed by atoms with E-state index in [1.165, 1.54) is 7.11 Å². The molecule has 22 heavy (non-hydrogen) atoms. The zero-order valence-corrected chi connectivity index (χ0v) is 12.9. The molecule has 0 saturated heterocycles. The van der Waals surface area contributed by atoms with Crippen LogP contribution in [0.1, 0.15) is 5.56 Å². The predicted octanol–water partition coefficient (Wildman–Crippen LogP) is 3.28. The number of ether oxygens (including phenoxy) is 3. The first-order valence-electron chi connectivity index (χ1n) is 6.76. The lowest BCUT2D eigenvalue weighted by Gasteiger charge is -2.10. The number of methoxy groups -OCH3 is 3. The van der Waals surface area contributed by atoms with Gasteiger partial charge in [0.05, 0.1) is 26.7 Å². The van der Waals surface area contributed by atoms with Crippen molar-refractivity contribution in [2.45, 2.75) is 6.92 Å². The molecule has 5 nitrogen and oxygen atoms in total. The van der Waals surface area contributed by atoms with Crippen LogP contribution in [0.5, 0.6) is 17.2 Å². The van der Waals surface area contributed by atoms with Gasteiger partial charge in [-0.2, -0.15) is 0 Å². The van der Waals surface area contributed by atoms with E-state index in [2.05, 4.69) is 0 Å². The van der Waals surface area contributed by atoms with Crippen LogP contribution >= 0.6 is 0 Å². The fourth-order valence-electron chi connectivity index (χ4n) is 2.60. The Morgan fingerprint density at radius 3 is 2.00 bits per heavy atom. The molecule has 3 aromatic rings. The first-order valence-corrected chi connectivity index (χ1v) is 6.76. The predicted molar refractivity (Wildman–Crippen MR) is 84.4 cm³/mol. The summed E-state index contributed by atoms with van der Waals surface area (Å²) < 4.78 is 21.7. The van der Waals surface area contributed by atoms with Crippen LogP contribution in [0, 0.1) is 6.92 Å². The van der Waals surface area contributed by atoms with Crippen molar-refractivity contribution in [1.29, 1.82) is 0 Å². The molecule has 0 unspecified atom stereocenters. The van der Waals surface area contributed by atoms with Gasteiger partial charge in [0.25, 0.3) is 0 Å². The minimum absolute atomic E-state index is 0.129. The van der Waals surface area contributed by atoms with E-state index in [4.69, 9.17) is 18.6 Å². The summed E-state index contributed by atoms with van der Waals surface area (Å²) in [5, 5.41) is 0.931. The van der Waals surface area contributed by atoms with E-state index in [1.807, 2.05) is 6.92 Å². The topological polar surface area (TPSA) is 57.9 Å².